The van der Waals surface area contributed by atoms with E-state index in [0.717, 1.165) is 5.56 Å². The molecule has 7 nitrogen and oxygen atoms in total. The summed E-state index contributed by atoms with van der Waals surface area (Å²) in [5.74, 6) is -0.0632. The van der Waals surface area contributed by atoms with Gasteiger partial charge in [0.05, 0.1) is 18.2 Å². The third kappa shape index (κ3) is 3.75. The first-order valence-corrected chi connectivity index (χ1v) is 9.65. The number of aromatic nitrogens is 2. The number of aromatic hydroxyl groups is 1. The molecule has 0 aliphatic rings. The Morgan fingerprint density at radius 2 is 1.93 bits per heavy atom. The number of pyridine rings is 2. The van der Waals surface area contributed by atoms with Crippen LogP contribution in [0.1, 0.15) is 34.1 Å². The molecule has 0 aliphatic carbocycles. The summed E-state index contributed by atoms with van der Waals surface area (Å²) in [4.78, 5) is 30.0. The van der Waals surface area contributed by atoms with Gasteiger partial charge in [-0.1, -0.05) is 12.1 Å². The summed E-state index contributed by atoms with van der Waals surface area (Å²) < 4.78 is 6.93. The highest BCUT2D eigenvalue weighted by atomic mass is 16.3. The topological polar surface area (TPSA) is 102 Å². The molecule has 1 atom stereocenters. The van der Waals surface area contributed by atoms with Crippen molar-refractivity contribution in [2.45, 2.75) is 19.0 Å². The summed E-state index contributed by atoms with van der Waals surface area (Å²) in [6, 6.07) is 14.0. The zero-order valence-electron chi connectivity index (χ0n) is 16.5. The zero-order valence-corrected chi connectivity index (χ0v) is 16.5. The van der Waals surface area contributed by atoms with Gasteiger partial charge in [-0.2, -0.15) is 0 Å². The van der Waals surface area contributed by atoms with Gasteiger partial charge in [-0.15, -0.1) is 0 Å². The van der Waals surface area contributed by atoms with Gasteiger partial charge in [0.15, 0.2) is 17.6 Å². The van der Waals surface area contributed by atoms with Crippen molar-refractivity contribution in [1.82, 2.24) is 9.55 Å². The maximum atomic E-state index is 13.2. The average Bonchev–Trinajstić information content (AvgIpc) is 3.31. The van der Waals surface area contributed by atoms with Crippen LogP contribution in [-0.2, 0) is 13.6 Å². The molecule has 1 aromatic carbocycles. The van der Waals surface area contributed by atoms with Gasteiger partial charge < -0.3 is 19.4 Å². The molecule has 0 fully saturated rings. The highest BCUT2D eigenvalue weighted by Crippen LogP contribution is 2.27. The molecule has 4 rings (SSSR count). The Kier molecular flexibility index (Phi) is 5.45. The summed E-state index contributed by atoms with van der Waals surface area (Å²) in [6.07, 6.45) is 5.00. The highest BCUT2D eigenvalue weighted by molar-refractivity contribution is 6.03. The molecule has 0 spiro atoms. The van der Waals surface area contributed by atoms with Gasteiger partial charge >= 0.3 is 0 Å². The zero-order chi connectivity index (χ0) is 21.1. The lowest BCUT2D eigenvalue weighted by molar-refractivity contribution is -0.711. The van der Waals surface area contributed by atoms with Crippen LogP contribution < -0.4 is 10.9 Å². The van der Waals surface area contributed by atoms with E-state index in [9.17, 15) is 14.7 Å². The molecule has 30 heavy (non-hydrogen) atoms. The molecule has 3 aromatic heterocycles. The first kappa shape index (κ1) is 19.6. The van der Waals surface area contributed by atoms with Crippen molar-refractivity contribution in [3.8, 4) is 5.75 Å². The number of aryl methyl sites for hydroxylation is 1. The molecule has 0 saturated heterocycles. The lowest BCUT2D eigenvalue weighted by Gasteiger charge is -2.15. The van der Waals surface area contributed by atoms with E-state index in [4.69, 9.17) is 4.42 Å². The SMILES string of the molecule is Cn1c(=O)c(C(=O)C[C@@H]([NH2+]Cc2ccncc2)c2ccco2)c(O)c2ccccc21. The quantitative estimate of drug-likeness (QED) is 0.460. The van der Waals surface area contributed by atoms with E-state index >= 15 is 0 Å². The number of rotatable bonds is 7. The Hall–Kier alpha value is -3.71. The third-order valence-electron chi connectivity index (χ3n) is 5.26. The van der Waals surface area contributed by atoms with Gasteiger partial charge in [0.25, 0.3) is 5.56 Å². The van der Waals surface area contributed by atoms with Crippen LogP contribution in [0.25, 0.3) is 10.9 Å². The number of carbonyl (C=O) groups excluding carboxylic acids is 1. The fourth-order valence-electron chi connectivity index (χ4n) is 3.63. The molecule has 4 aromatic rings. The average molecular weight is 404 g/mol. The van der Waals surface area contributed by atoms with E-state index in [1.165, 1.54) is 4.57 Å². The van der Waals surface area contributed by atoms with E-state index in [1.54, 1.807) is 62.1 Å². The molecule has 7 heteroatoms. The van der Waals surface area contributed by atoms with Crippen LogP contribution in [0.4, 0.5) is 0 Å². The monoisotopic (exact) mass is 404 g/mol. The Balaban J connectivity index is 1.65. The summed E-state index contributed by atoms with van der Waals surface area (Å²) in [5, 5.41) is 13.2. The molecule has 0 amide bonds. The van der Waals surface area contributed by atoms with Crippen LogP contribution in [0.15, 0.2) is 76.4 Å². The Morgan fingerprint density at radius 3 is 2.67 bits per heavy atom. The smallest absolute Gasteiger partial charge is 0.265 e. The second-order valence-corrected chi connectivity index (χ2v) is 7.15. The number of fused-ring (bicyclic) bond motifs is 1. The Morgan fingerprint density at radius 1 is 1.17 bits per heavy atom. The fourth-order valence-corrected chi connectivity index (χ4v) is 3.63. The standard InChI is InChI=1S/C23H21N3O4/c1-26-18-6-3-2-5-16(18)22(28)21(23(26)29)19(27)13-17(20-7-4-12-30-20)25-14-15-8-10-24-11-9-15/h2-12,17,25,28H,13-14H2,1H3/p+1/t17-/m1/s1. The largest absolute Gasteiger partial charge is 0.506 e. The molecule has 0 bridgehead atoms. The van der Waals surface area contributed by atoms with Gasteiger partial charge in [0, 0.05) is 30.4 Å². The Bertz CT molecular complexity index is 1230. The minimum absolute atomic E-state index is 0.0136. The molecule has 3 heterocycles. The number of furan rings is 1. The molecular weight excluding hydrogens is 382 g/mol. The number of ketones is 1. The molecule has 0 radical (unpaired) electrons. The maximum Gasteiger partial charge on any atom is 0.265 e. The van der Waals surface area contributed by atoms with Crippen molar-refractivity contribution in [3.05, 3.63) is 94.4 Å². The summed E-state index contributed by atoms with van der Waals surface area (Å²) in [6.45, 7) is 0.614. The van der Waals surface area contributed by atoms with Crippen LogP contribution >= 0.6 is 0 Å². The number of benzene rings is 1. The van der Waals surface area contributed by atoms with E-state index in [0.29, 0.717) is 23.2 Å². The van der Waals surface area contributed by atoms with Crippen LogP contribution in [-0.4, -0.2) is 20.4 Å². The van der Waals surface area contributed by atoms with E-state index in [-0.39, 0.29) is 23.8 Å². The molecule has 0 unspecified atom stereocenters. The summed E-state index contributed by atoms with van der Waals surface area (Å²) >= 11 is 0. The maximum absolute atomic E-state index is 13.2. The lowest BCUT2D eigenvalue weighted by Crippen LogP contribution is -2.83. The third-order valence-corrected chi connectivity index (χ3v) is 5.26. The number of quaternary nitrogens is 1. The summed E-state index contributed by atoms with van der Waals surface area (Å²) in [5.41, 5.74) is 0.926. The van der Waals surface area contributed by atoms with Crippen LogP contribution in [0.3, 0.4) is 0 Å². The fraction of sp³-hybridized carbons (Fsp3) is 0.174. The number of nitrogens with zero attached hydrogens (tertiary/aromatic N) is 2. The number of Topliss-reactive ketones (excluding diaryl/α,β-unsaturated/α-hetero) is 1. The predicted molar refractivity (Wildman–Crippen MR) is 111 cm³/mol. The minimum Gasteiger partial charge on any atom is -0.506 e. The first-order chi connectivity index (χ1) is 14.6. The van der Waals surface area contributed by atoms with E-state index in [1.807, 2.05) is 17.4 Å². The van der Waals surface area contributed by atoms with Gasteiger partial charge in [-0.05, 0) is 36.4 Å². The number of hydrogen-bond acceptors (Lipinski definition) is 5. The van der Waals surface area contributed by atoms with Crippen molar-refractivity contribution in [3.63, 3.8) is 0 Å². The molecule has 0 aliphatic heterocycles. The minimum atomic E-state index is -0.511. The van der Waals surface area contributed by atoms with Crippen molar-refractivity contribution < 1.29 is 19.6 Å². The van der Waals surface area contributed by atoms with Gasteiger partial charge in [0.1, 0.15) is 17.9 Å². The van der Waals surface area contributed by atoms with Crippen LogP contribution in [0, 0.1) is 0 Å². The van der Waals surface area contributed by atoms with Gasteiger partial charge in [-0.25, -0.2) is 0 Å². The molecule has 0 saturated carbocycles. The predicted octanol–water partition coefficient (Wildman–Crippen LogP) is 2.31. The van der Waals surface area contributed by atoms with E-state index in [2.05, 4.69) is 4.98 Å². The molecule has 3 N–H and O–H groups in total. The second-order valence-electron chi connectivity index (χ2n) is 7.15. The number of para-hydroxylation sites is 1. The number of carbonyl (C=O) groups is 1. The molecular formula is C23H22N3O4+. The first-order valence-electron chi connectivity index (χ1n) is 9.65. The van der Waals surface area contributed by atoms with Crippen molar-refractivity contribution in [1.29, 1.82) is 0 Å². The van der Waals surface area contributed by atoms with Crippen molar-refractivity contribution in [2.75, 3.05) is 0 Å². The van der Waals surface area contributed by atoms with Gasteiger partial charge in [0.2, 0.25) is 0 Å². The normalized spacial score (nSPS) is 12.2. The van der Waals surface area contributed by atoms with E-state index < -0.39 is 11.3 Å². The number of hydrogen-bond donors (Lipinski definition) is 2. The second kappa shape index (κ2) is 8.34. The molecule has 152 valence electrons. The van der Waals surface area contributed by atoms with Crippen molar-refractivity contribution >= 4 is 16.7 Å². The van der Waals surface area contributed by atoms with Crippen LogP contribution in [0.2, 0.25) is 0 Å². The Labute approximate surface area is 172 Å². The summed E-state index contributed by atoms with van der Waals surface area (Å²) in [7, 11) is 1.60. The highest BCUT2D eigenvalue weighted by Gasteiger charge is 2.27. The van der Waals surface area contributed by atoms with Gasteiger partial charge in [-0.3, -0.25) is 14.6 Å². The van der Waals surface area contributed by atoms with Crippen LogP contribution in [0.5, 0.6) is 5.75 Å². The van der Waals surface area contributed by atoms with Crippen molar-refractivity contribution in [2.24, 2.45) is 7.05 Å². The number of nitrogens with two attached hydrogens (primary N) is 1. The lowest BCUT2D eigenvalue weighted by atomic mass is 10.00.